The maximum atomic E-state index is 12.3. The maximum absolute atomic E-state index is 12.3. The van der Waals surface area contributed by atoms with Gasteiger partial charge in [-0.15, -0.1) is 12.4 Å². The quantitative estimate of drug-likeness (QED) is 0.911. The summed E-state index contributed by atoms with van der Waals surface area (Å²) in [4.78, 5) is 14.2. The summed E-state index contributed by atoms with van der Waals surface area (Å²) in [6.45, 7) is 4.27. The molecule has 0 bridgehead atoms. The first-order valence-electron chi connectivity index (χ1n) is 6.33. The van der Waals surface area contributed by atoms with Gasteiger partial charge in [-0.25, -0.2) is 0 Å². The van der Waals surface area contributed by atoms with Crippen molar-refractivity contribution in [3.63, 3.8) is 0 Å². The van der Waals surface area contributed by atoms with Gasteiger partial charge in [-0.05, 0) is 30.7 Å². The van der Waals surface area contributed by atoms with E-state index in [-0.39, 0.29) is 24.2 Å². The summed E-state index contributed by atoms with van der Waals surface area (Å²) < 4.78 is 1.11. The summed E-state index contributed by atoms with van der Waals surface area (Å²) in [5, 5.41) is 3.06. The number of halogens is 2. The Morgan fingerprint density at radius 1 is 1.53 bits per heavy atom. The summed E-state index contributed by atoms with van der Waals surface area (Å²) in [5.74, 6) is 0.282. The first kappa shape index (κ1) is 16.5. The summed E-state index contributed by atoms with van der Waals surface area (Å²) >= 11 is 3.58. The van der Waals surface area contributed by atoms with Crippen molar-refractivity contribution in [2.45, 2.75) is 19.9 Å². The fourth-order valence-corrected chi connectivity index (χ4v) is 2.97. The van der Waals surface area contributed by atoms with E-state index < -0.39 is 0 Å². The van der Waals surface area contributed by atoms with Crippen molar-refractivity contribution in [2.24, 2.45) is 5.92 Å². The molecule has 1 aliphatic rings. The molecule has 19 heavy (non-hydrogen) atoms. The zero-order chi connectivity index (χ0) is 13.1. The summed E-state index contributed by atoms with van der Waals surface area (Å²) in [5.41, 5.74) is 2.61. The van der Waals surface area contributed by atoms with Gasteiger partial charge in [0, 0.05) is 30.0 Å². The van der Waals surface area contributed by atoms with Gasteiger partial charge >= 0.3 is 0 Å². The highest BCUT2D eigenvalue weighted by molar-refractivity contribution is 9.10. The second-order valence-corrected chi connectivity index (χ2v) is 5.70. The highest BCUT2D eigenvalue weighted by atomic mass is 79.9. The minimum absolute atomic E-state index is 0. The minimum atomic E-state index is 0. The molecule has 2 rings (SSSR count). The van der Waals surface area contributed by atoms with Gasteiger partial charge in [0.15, 0.2) is 0 Å². The largest absolute Gasteiger partial charge is 0.338 e. The molecule has 106 valence electrons. The van der Waals surface area contributed by atoms with Crippen LogP contribution in [0.15, 0.2) is 22.7 Å². The third-order valence-corrected chi connectivity index (χ3v) is 4.20. The zero-order valence-corrected chi connectivity index (χ0v) is 13.7. The highest BCUT2D eigenvalue weighted by Gasteiger charge is 2.25. The minimum Gasteiger partial charge on any atom is -0.338 e. The van der Waals surface area contributed by atoms with E-state index in [4.69, 9.17) is 0 Å². The van der Waals surface area contributed by atoms with Gasteiger partial charge in [0.25, 0.3) is 0 Å². The molecule has 1 unspecified atom stereocenters. The second kappa shape index (κ2) is 7.27. The molecule has 0 aromatic heterocycles. The number of hydrogen-bond donors (Lipinski definition) is 1. The maximum Gasteiger partial charge on any atom is 0.226 e. The molecule has 1 aromatic rings. The molecule has 1 N–H and O–H groups in total. The van der Waals surface area contributed by atoms with Crippen molar-refractivity contribution in [1.29, 1.82) is 0 Å². The topological polar surface area (TPSA) is 32.3 Å². The lowest BCUT2D eigenvalue weighted by atomic mass is 9.98. The van der Waals surface area contributed by atoms with Gasteiger partial charge in [0.2, 0.25) is 5.91 Å². The Morgan fingerprint density at radius 3 is 2.95 bits per heavy atom. The Kier molecular flexibility index (Phi) is 6.30. The lowest BCUT2D eigenvalue weighted by Crippen LogP contribution is -2.41. The van der Waals surface area contributed by atoms with Crippen molar-refractivity contribution < 1.29 is 4.79 Å². The lowest BCUT2D eigenvalue weighted by Gasteiger charge is -2.31. The standard InChI is InChI=1S/C14H19BrN2O.ClH/c1-10(8-16-2)14(18)17-7-6-11-4-3-5-13(15)12(11)9-17;/h3-5,10,16H,6-9H2,1-2H3;1H. The van der Waals surface area contributed by atoms with Crippen molar-refractivity contribution >= 4 is 34.2 Å². The molecule has 0 saturated carbocycles. The molecule has 0 radical (unpaired) electrons. The van der Waals surface area contributed by atoms with Crippen molar-refractivity contribution in [3.05, 3.63) is 33.8 Å². The molecular formula is C14H20BrClN2O. The summed E-state index contributed by atoms with van der Waals surface area (Å²) in [7, 11) is 1.88. The van der Waals surface area contributed by atoms with Crippen molar-refractivity contribution in [3.8, 4) is 0 Å². The van der Waals surface area contributed by atoms with Crippen LogP contribution in [-0.4, -0.2) is 30.9 Å². The van der Waals surface area contributed by atoms with Gasteiger partial charge in [0.1, 0.15) is 0 Å². The van der Waals surface area contributed by atoms with Crippen LogP contribution in [0.25, 0.3) is 0 Å². The molecule has 0 spiro atoms. The number of amides is 1. The molecule has 5 heteroatoms. The van der Waals surface area contributed by atoms with Gasteiger partial charge in [-0.2, -0.15) is 0 Å². The van der Waals surface area contributed by atoms with E-state index in [2.05, 4.69) is 33.4 Å². The van der Waals surface area contributed by atoms with Gasteiger partial charge in [-0.3, -0.25) is 4.79 Å². The number of nitrogens with one attached hydrogen (secondary N) is 1. The van der Waals surface area contributed by atoms with Crippen LogP contribution in [0.4, 0.5) is 0 Å². The Hall–Kier alpha value is -0.580. The number of hydrogen-bond acceptors (Lipinski definition) is 2. The Morgan fingerprint density at radius 2 is 2.26 bits per heavy atom. The number of nitrogens with zero attached hydrogens (tertiary/aromatic N) is 1. The normalized spacial score (nSPS) is 15.4. The van der Waals surface area contributed by atoms with E-state index in [0.717, 1.165) is 30.5 Å². The van der Waals surface area contributed by atoms with E-state index >= 15 is 0 Å². The van der Waals surface area contributed by atoms with Crippen LogP contribution in [0.5, 0.6) is 0 Å². The zero-order valence-electron chi connectivity index (χ0n) is 11.3. The van der Waals surface area contributed by atoms with Gasteiger partial charge in [-0.1, -0.05) is 35.0 Å². The average Bonchev–Trinajstić information content (AvgIpc) is 2.38. The lowest BCUT2D eigenvalue weighted by molar-refractivity contribution is -0.135. The van der Waals surface area contributed by atoms with Crippen molar-refractivity contribution in [1.82, 2.24) is 10.2 Å². The molecule has 0 saturated heterocycles. The Balaban J connectivity index is 0.00000180. The molecule has 1 heterocycles. The molecule has 1 amide bonds. The van der Waals surface area contributed by atoms with E-state index in [0.29, 0.717) is 0 Å². The predicted molar refractivity (Wildman–Crippen MR) is 83.6 cm³/mol. The Bertz CT molecular complexity index is 453. The number of carbonyl (C=O) groups excluding carboxylic acids is 1. The summed E-state index contributed by atoms with van der Waals surface area (Å²) in [6.07, 6.45) is 0.951. The smallest absolute Gasteiger partial charge is 0.226 e. The molecule has 1 aromatic carbocycles. The third-order valence-electron chi connectivity index (χ3n) is 3.46. The molecular weight excluding hydrogens is 328 g/mol. The van der Waals surface area contributed by atoms with Crippen LogP contribution in [0.1, 0.15) is 18.1 Å². The van der Waals surface area contributed by atoms with E-state index in [1.807, 2.05) is 24.9 Å². The van der Waals surface area contributed by atoms with Gasteiger partial charge in [0.05, 0.1) is 0 Å². The first-order valence-corrected chi connectivity index (χ1v) is 7.12. The number of fused-ring (bicyclic) bond motifs is 1. The number of benzene rings is 1. The fraction of sp³-hybridized carbons (Fsp3) is 0.500. The van der Waals surface area contributed by atoms with Crippen molar-refractivity contribution in [2.75, 3.05) is 20.1 Å². The number of rotatable bonds is 3. The van der Waals surface area contributed by atoms with Crippen LogP contribution in [0.3, 0.4) is 0 Å². The van der Waals surface area contributed by atoms with Crippen LogP contribution in [0.2, 0.25) is 0 Å². The van der Waals surface area contributed by atoms with Crippen LogP contribution in [0, 0.1) is 5.92 Å². The monoisotopic (exact) mass is 346 g/mol. The average molecular weight is 348 g/mol. The Labute approximate surface area is 129 Å². The molecule has 3 nitrogen and oxygen atoms in total. The molecule has 1 atom stereocenters. The van der Waals surface area contributed by atoms with Crippen LogP contribution >= 0.6 is 28.3 Å². The highest BCUT2D eigenvalue weighted by Crippen LogP contribution is 2.27. The first-order chi connectivity index (χ1) is 8.63. The van der Waals surface area contributed by atoms with E-state index in [9.17, 15) is 4.79 Å². The third kappa shape index (κ3) is 3.71. The molecule has 0 fully saturated rings. The SMILES string of the molecule is CNCC(C)C(=O)N1CCc2cccc(Br)c2C1.Cl. The van der Waals surface area contributed by atoms with Crippen LogP contribution < -0.4 is 5.32 Å². The fourth-order valence-electron chi connectivity index (χ4n) is 2.43. The summed E-state index contributed by atoms with van der Waals surface area (Å²) in [6, 6.07) is 6.26. The number of carbonyl (C=O) groups is 1. The molecule has 1 aliphatic heterocycles. The van der Waals surface area contributed by atoms with E-state index in [1.54, 1.807) is 0 Å². The van der Waals surface area contributed by atoms with E-state index in [1.165, 1.54) is 11.1 Å². The molecule has 0 aliphatic carbocycles. The predicted octanol–water partition coefficient (Wildman–Crippen LogP) is 2.61. The van der Waals surface area contributed by atoms with Crippen LogP contribution in [-0.2, 0) is 17.8 Å². The van der Waals surface area contributed by atoms with Gasteiger partial charge < -0.3 is 10.2 Å². The second-order valence-electron chi connectivity index (χ2n) is 4.85.